The molecule has 5 rings (SSSR count). The Bertz CT molecular complexity index is 969. The van der Waals surface area contributed by atoms with Crippen LogP contribution < -0.4 is 4.74 Å². The summed E-state index contributed by atoms with van der Waals surface area (Å²) in [4.78, 5) is 11.6. The number of aromatic hydroxyl groups is 1. The molecule has 1 unspecified atom stereocenters. The van der Waals surface area contributed by atoms with Gasteiger partial charge in [0.2, 0.25) is 0 Å². The minimum absolute atomic E-state index is 0.0573. The van der Waals surface area contributed by atoms with Crippen LogP contribution in [-0.2, 0) is 22.6 Å². The zero-order valence-electron chi connectivity index (χ0n) is 18.5. The van der Waals surface area contributed by atoms with Gasteiger partial charge < -0.3 is 14.6 Å². The van der Waals surface area contributed by atoms with Gasteiger partial charge in [-0.15, -0.1) is 0 Å². The lowest BCUT2D eigenvalue weighted by atomic mass is 9.55. The van der Waals surface area contributed by atoms with Crippen molar-refractivity contribution in [3.63, 3.8) is 0 Å². The first-order valence-electron chi connectivity index (χ1n) is 11.7. The number of carbonyl (C=O) groups excluding carboxylic acids is 1. The van der Waals surface area contributed by atoms with Gasteiger partial charge in [0, 0.05) is 12.3 Å². The number of aryl methyl sites for hydroxylation is 1. The molecule has 4 heteroatoms. The molecule has 2 fully saturated rings. The van der Waals surface area contributed by atoms with Gasteiger partial charge in [0.15, 0.2) is 11.5 Å². The molecule has 164 valence electrons. The van der Waals surface area contributed by atoms with Gasteiger partial charge >= 0.3 is 5.97 Å². The van der Waals surface area contributed by atoms with Gasteiger partial charge in [-0.3, -0.25) is 4.79 Å². The minimum atomic E-state index is -0.154. The van der Waals surface area contributed by atoms with Crippen LogP contribution >= 0.6 is 0 Å². The second-order valence-corrected chi connectivity index (χ2v) is 9.93. The SMILES string of the molecule is CC(=O)OC1CC[C@H]2[C@@H]3CCc4cc(O)c(OCc5ccccc5)cc4[C@H]3CC[C@]12C. The Kier molecular flexibility index (Phi) is 5.19. The van der Waals surface area contributed by atoms with E-state index in [1.165, 1.54) is 18.1 Å². The summed E-state index contributed by atoms with van der Waals surface area (Å²) in [7, 11) is 0. The first-order chi connectivity index (χ1) is 15.0. The number of ether oxygens (including phenoxy) is 2. The Hall–Kier alpha value is -2.49. The van der Waals surface area contributed by atoms with Crippen molar-refractivity contribution < 1.29 is 19.4 Å². The highest BCUT2D eigenvalue weighted by atomic mass is 16.5. The maximum Gasteiger partial charge on any atom is 0.302 e. The largest absolute Gasteiger partial charge is 0.504 e. The number of carbonyl (C=O) groups is 1. The van der Waals surface area contributed by atoms with E-state index in [2.05, 4.69) is 13.0 Å². The fourth-order valence-electron chi connectivity index (χ4n) is 6.78. The Morgan fingerprint density at radius 2 is 1.94 bits per heavy atom. The Balaban J connectivity index is 1.39. The molecule has 0 radical (unpaired) electrons. The lowest BCUT2D eigenvalue weighted by Crippen LogP contribution is -2.45. The normalized spacial score (nSPS) is 31.3. The molecule has 1 N–H and O–H groups in total. The molecule has 0 spiro atoms. The fourth-order valence-corrected chi connectivity index (χ4v) is 6.78. The average molecular weight is 421 g/mol. The summed E-state index contributed by atoms with van der Waals surface area (Å²) in [5.74, 6) is 2.37. The number of phenolic OH excluding ortho intramolecular Hbond substituents is 1. The molecule has 0 aromatic heterocycles. The predicted molar refractivity (Wildman–Crippen MR) is 119 cm³/mol. The molecule has 2 aromatic rings. The van der Waals surface area contributed by atoms with Crippen LogP contribution in [0.25, 0.3) is 0 Å². The first kappa shape index (κ1) is 20.4. The summed E-state index contributed by atoms with van der Waals surface area (Å²) in [5, 5.41) is 10.6. The van der Waals surface area contributed by atoms with E-state index in [9.17, 15) is 9.90 Å². The van der Waals surface area contributed by atoms with Crippen LogP contribution in [0.1, 0.15) is 68.6 Å². The number of benzene rings is 2. The molecule has 2 aromatic carbocycles. The number of hydrogen-bond donors (Lipinski definition) is 1. The van der Waals surface area contributed by atoms with Crippen LogP contribution in [-0.4, -0.2) is 17.2 Å². The molecule has 0 bridgehead atoms. The number of fused-ring (bicyclic) bond motifs is 5. The summed E-state index contributed by atoms with van der Waals surface area (Å²) in [6.07, 6.45) is 6.50. The Morgan fingerprint density at radius 1 is 1.13 bits per heavy atom. The van der Waals surface area contributed by atoms with Crippen molar-refractivity contribution >= 4 is 5.97 Å². The number of phenols is 1. The lowest BCUT2D eigenvalue weighted by molar-refractivity contribution is -0.154. The summed E-state index contributed by atoms with van der Waals surface area (Å²) in [6, 6.07) is 14.1. The Labute approximate surface area is 184 Å². The lowest BCUT2D eigenvalue weighted by Gasteiger charge is -2.50. The van der Waals surface area contributed by atoms with E-state index in [-0.39, 0.29) is 23.2 Å². The maximum atomic E-state index is 11.6. The topological polar surface area (TPSA) is 55.8 Å². The second-order valence-electron chi connectivity index (χ2n) is 9.93. The van der Waals surface area contributed by atoms with Gasteiger partial charge in [-0.1, -0.05) is 37.3 Å². The monoisotopic (exact) mass is 420 g/mol. The van der Waals surface area contributed by atoms with Crippen molar-refractivity contribution in [3.05, 3.63) is 59.2 Å². The van der Waals surface area contributed by atoms with Crippen molar-refractivity contribution in [2.24, 2.45) is 17.3 Å². The summed E-state index contributed by atoms with van der Waals surface area (Å²) in [5.41, 5.74) is 3.81. The highest BCUT2D eigenvalue weighted by Crippen LogP contribution is 2.62. The third-order valence-electron chi connectivity index (χ3n) is 8.26. The van der Waals surface area contributed by atoms with Crippen molar-refractivity contribution in [1.82, 2.24) is 0 Å². The van der Waals surface area contributed by atoms with Crippen molar-refractivity contribution in [2.75, 3.05) is 0 Å². The van der Waals surface area contributed by atoms with Crippen molar-refractivity contribution in [1.29, 1.82) is 0 Å². The highest BCUT2D eigenvalue weighted by Gasteiger charge is 2.56. The van der Waals surface area contributed by atoms with Crippen LogP contribution in [0.4, 0.5) is 0 Å². The standard InChI is InChI=1S/C27H32O4/c1-17(28)31-26-11-10-23-21-9-8-19-14-24(29)25(30-16-18-6-4-3-5-7-18)15-22(19)20(21)12-13-27(23,26)2/h3-7,14-15,20-21,23,26,29H,8-13,16H2,1-2H3/t20-,21+,23-,26?,27-/m0/s1. The average Bonchev–Trinajstić information content (AvgIpc) is 3.08. The summed E-state index contributed by atoms with van der Waals surface area (Å²) in [6.45, 7) is 4.32. The van der Waals surface area contributed by atoms with E-state index < -0.39 is 0 Å². The van der Waals surface area contributed by atoms with Crippen LogP contribution in [0.3, 0.4) is 0 Å². The van der Waals surface area contributed by atoms with E-state index in [1.807, 2.05) is 36.4 Å². The summed E-state index contributed by atoms with van der Waals surface area (Å²) < 4.78 is 11.8. The molecule has 0 amide bonds. The molecule has 0 aliphatic heterocycles. The maximum absolute atomic E-state index is 11.6. The molecular formula is C27H32O4. The number of esters is 1. The second kappa shape index (κ2) is 7.89. The van der Waals surface area contributed by atoms with Gasteiger partial charge in [0.1, 0.15) is 12.7 Å². The van der Waals surface area contributed by atoms with Crippen molar-refractivity contribution in [3.8, 4) is 11.5 Å². The molecule has 2 saturated carbocycles. The van der Waals surface area contributed by atoms with Gasteiger partial charge in [-0.05, 0) is 85.1 Å². The molecular weight excluding hydrogens is 388 g/mol. The molecule has 31 heavy (non-hydrogen) atoms. The molecule has 5 atom stereocenters. The fraction of sp³-hybridized carbons (Fsp3) is 0.519. The van der Waals surface area contributed by atoms with E-state index in [0.29, 0.717) is 30.1 Å². The van der Waals surface area contributed by atoms with Crippen LogP contribution in [0.5, 0.6) is 11.5 Å². The van der Waals surface area contributed by atoms with Crippen LogP contribution in [0, 0.1) is 17.3 Å². The Morgan fingerprint density at radius 3 is 2.71 bits per heavy atom. The van der Waals surface area contributed by atoms with Gasteiger partial charge in [0.05, 0.1) is 0 Å². The quantitative estimate of drug-likeness (QED) is 0.639. The van der Waals surface area contributed by atoms with Gasteiger partial charge in [-0.2, -0.15) is 0 Å². The smallest absolute Gasteiger partial charge is 0.302 e. The third-order valence-corrected chi connectivity index (χ3v) is 8.26. The van der Waals surface area contributed by atoms with E-state index in [0.717, 1.165) is 44.1 Å². The van der Waals surface area contributed by atoms with E-state index >= 15 is 0 Å². The first-order valence-corrected chi connectivity index (χ1v) is 11.7. The van der Waals surface area contributed by atoms with Crippen LogP contribution in [0.2, 0.25) is 0 Å². The highest BCUT2D eigenvalue weighted by molar-refractivity contribution is 5.66. The van der Waals surface area contributed by atoms with Gasteiger partial charge in [-0.25, -0.2) is 0 Å². The van der Waals surface area contributed by atoms with Crippen molar-refractivity contribution in [2.45, 2.75) is 71.0 Å². The minimum Gasteiger partial charge on any atom is -0.504 e. The van der Waals surface area contributed by atoms with Gasteiger partial charge in [0.25, 0.3) is 0 Å². The number of hydrogen-bond acceptors (Lipinski definition) is 4. The zero-order valence-corrected chi connectivity index (χ0v) is 18.5. The predicted octanol–water partition coefficient (Wildman–Crippen LogP) is 5.76. The molecule has 3 aliphatic rings. The van der Waals surface area contributed by atoms with Crippen LogP contribution in [0.15, 0.2) is 42.5 Å². The zero-order chi connectivity index (χ0) is 21.6. The van der Waals surface area contributed by atoms with E-state index in [1.54, 1.807) is 0 Å². The summed E-state index contributed by atoms with van der Waals surface area (Å²) >= 11 is 0. The molecule has 0 saturated heterocycles. The molecule has 3 aliphatic carbocycles. The molecule has 4 nitrogen and oxygen atoms in total. The van der Waals surface area contributed by atoms with E-state index in [4.69, 9.17) is 9.47 Å². The number of rotatable bonds is 4. The third kappa shape index (κ3) is 3.60. The molecule has 0 heterocycles.